The maximum atomic E-state index is 12.7. The summed E-state index contributed by atoms with van der Waals surface area (Å²) in [6.45, 7) is 3.16. The van der Waals surface area contributed by atoms with Crippen molar-refractivity contribution in [3.05, 3.63) is 36.5 Å². The van der Waals surface area contributed by atoms with Gasteiger partial charge in [-0.15, -0.1) is 0 Å². The maximum Gasteiger partial charge on any atom is 0.242 e. The summed E-state index contributed by atoms with van der Waals surface area (Å²) in [7, 11) is 0. The van der Waals surface area contributed by atoms with Crippen LogP contribution in [0.2, 0.25) is 0 Å². The number of ether oxygens (including phenoxy) is 1. The summed E-state index contributed by atoms with van der Waals surface area (Å²) >= 11 is 0. The Morgan fingerprint density at radius 1 is 1.35 bits per heavy atom. The quantitative estimate of drug-likeness (QED) is 0.934. The van der Waals surface area contributed by atoms with Crippen LogP contribution < -0.4 is 0 Å². The molecule has 1 aromatic carbocycles. The molecule has 122 valence electrons. The Morgan fingerprint density at radius 3 is 3.04 bits per heavy atom. The summed E-state index contributed by atoms with van der Waals surface area (Å²) in [6.07, 6.45) is 2.81. The molecular formula is C18H22N2O3. The van der Waals surface area contributed by atoms with Crippen LogP contribution in [0, 0.1) is 11.3 Å². The van der Waals surface area contributed by atoms with E-state index in [0.717, 1.165) is 17.3 Å². The second-order valence-electron chi connectivity index (χ2n) is 6.82. The molecule has 5 nitrogen and oxygen atoms in total. The van der Waals surface area contributed by atoms with E-state index in [9.17, 15) is 9.90 Å². The van der Waals surface area contributed by atoms with Crippen LogP contribution in [0.1, 0.15) is 6.42 Å². The fraction of sp³-hybridized carbons (Fsp3) is 0.500. The molecule has 0 bridgehead atoms. The minimum Gasteiger partial charge on any atom is -0.396 e. The Morgan fingerprint density at radius 2 is 2.22 bits per heavy atom. The summed E-state index contributed by atoms with van der Waals surface area (Å²) in [4.78, 5) is 14.6. The van der Waals surface area contributed by atoms with Crippen LogP contribution in [0.15, 0.2) is 36.5 Å². The van der Waals surface area contributed by atoms with Crippen molar-refractivity contribution in [2.75, 3.05) is 32.9 Å². The molecule has 1 N–H and O–H groups in total. The first kappa shape index (κ1) is 14.7. The van der Waals surface area contributed by atoms with Crippen LogP contribution in [0.4, 0.5) is 0 Å². The molecule has 2 aromatic rings. The molecular weight excluding hydrogens is 292 g/mol. The van der Waals surface area contributed by atoms with E-state index in [1.807, 2.05) is 39.9 Å². The molecule has 0 unspecified atom stereocenters. The van der Waals surface area contributed by atoms with E-state index >= 15 is 0 Å². The van der Waals surface area contributed by atoms with Crippen molar-refractivity contribution in [1.82, 2.24) is 9.47 Å². The van der Waals surface area contributed by atoms with Crippen LogP contribution in [0.5, 0.6) is 0 Å². The summed E-state index contributed by atoms with van der Waals surface area (Å²) in [5, 5.41) is 11.0. The lowest BCUT2D eigenvalue weighted by Gasteiger charge is -2.36. The Bertz CT molecular complexity index is 726. The monoisotopic (exact) mass is 314 g/mol. The summed E-state index contributed by atoms with van der Waals surface area (Å²) < 4.78 is 7.55. The van der Waals surface area contributed by atoms with Crippen molar-refractivity contribution < 1.29 is 14.6 Å². The van der Waals surface area contributed by atoms with E-state index < -0.39 is 0 Å². The number of carbonyl (C=O) groups excluding carboxylic acids is 1. The van der Waals surface area contributed by atoms with Gasteiger partial charge < -0.3 is 19.3 Å². The van der Waals surface area contributed by atoms with Crippen LogP contribution in [-0.4, -0.2) is 53.4 Å². The van der Waals surface area contributed by atoms with Crippen LogP contribution in [-0.2, 0) is 16.1 Å². The maximum absolute atomic E-state index is 12.7. The summed E-state index contributed by atoms with van der Waals surface area (Å²) in [5.74, 6) is 0.375. The van der Waals surface area contributed by atoms with Crippen molar-refractivity contribution in [3.8, 4) is 0 Å². The van der Waals surface area contributed by atoms with Gasteiger partial charge in [-0.05, 0) is 23.9 Å². The molecule has 0 saturated carbocycles. The van der Waals surface area contributed by atoms with E-state index in [1.54, 1.807) is 0 Å². The van der Waals surface area contributed by atoms with Crippen molar-refractivity contribution in [2.45, 2.75) is 13.0 Å². The Hall–Kier alpha value is -1.85. The molecule has 2 aliphatic heterocycles. The number of likely N-dealkylation sites (tertiary alicyclic amines) is 1. The average molecular weight is 314 g/mol. The van der Waals surface area contributed by atoms with Gasteiger partial charge in [0.1, 0.15) is 6.54 Å². The molecule has 0 aliphatic carbocycles. The SMILES string of the molecule is O=C(Cn1ccc2ccccc21)N1C[C@@H]2COCC[C@]2(CO)C1. The van der Waals surface area contributed by atoms with Crippen LogP contribution in [0.3, 0.4) is 0 Å². The number of aromatic nitrogens is 1. The standard InChI is InChI=1S/C18H22N2O3/c21-13-18-6-8-23-11-15(18)9-20(12-18)17(22)10-19-7-5-14-3-1-2-4-16(14)19/h1-5,7,15,21H,6,8-13H2/t15-,18-/m1/s1. The van der Waals surface area contributed by atoms with E-state index in [0.29, 0.717) is 32.8 Å². The minimum atomic E-state index is -0.160. The lowest BCUT2D eigenvalue weighted by atomic mass is 9.75. The lowest BCUT2D eigenvalue weighted by Crippen LogP contribution is -2.41. The normalized spacial score (nSPS) is 27.3. The van der Waals surface area contributed by atoms with Crippen molar-refractivity contribution in [2.24, 2.45) is 11.3 Å². The third-order valence-electron chi connectivity index (χ3n) is 5.53. The van der Waals surface area contributed by atoms with E-state index in [2.05, 4.69) is 6.07 Å². The third kappa shape index (κ3) is 2.44. The van der Waals surface area contributed by atoms with Gasteiger partial charge in [-0.3, -0.25) is 4.79 Å². The lowest BCUT2D eigenvalue weighted by molar-refractivity contribution is -0.131. The molecule has 2 atom stereocenters. The smallest absolute Gasteiger partial charge is 0.242 e. The Balaban J connectivity index is 1.52. The molecule has 0 radical (unpaired) electrons. The zero-order valence-corrected chi connectivity index (χ0v) is 13.1. The fourth-order valence-corrected chi connectivity index (χ4v) is 4.02. The highest BCUT2D eigenvalue weighted by Gasteiger charge is 2.49. The number of amides is 1. The van der Waals surface area contributed by atoms with Gasteiger partial charge >= 0.3 is 0 Å². The number of aliphatic hydroxyl groups excluding tert-OH is 1. The highest BCUT2D eigenvalue weighted by molar-refractivity contribution is 5.83. The van der Waals surface area contributed by atoms with Gasteiger partial charge in [0.2, 0.25) is 5.91 Å². The van der Waals surface area contributed by atoms with Gasteiger partial charge in [0, 0.05) is 42.7 Å². The first-order valence-corrected chi connectivity index (χ1v) is 8.22. The molecule has 2 fully saturated rings. The Kier molecular flexibility index (Phi) is 3.62. The van der Waals surface area contributed by atoms with Crippen molar-refractivity contribution in [3.63, 3.8) is 0 Å². The van der Waals surface area contributed by atoms with Crippen molar-refractivity contribution in [1.29, 1.82) is 0 Å². The molecule has 2 saturated heterocycles. The van der Waals surface area contributed by atoms with Crippen molar-refractivity contribution >= 4 is 16.8 Å². The molecule has 5 heteroatoms. The van der Waals surface area contributed by atoms with E-state index in [1.165, 1.54) is 0 Å². The van der Waals surface area contributed by atoms with Gasteiger partial charge in [0.15, 0.2) is 0 Å². The number of hydrogen-bond donors (Lipinski definition) is 1. The predicted octanol–water partition coefficient (Wildman–Crippen LogP) is 1.50. The number of rotatable bonds is 3. The Labute approximate surface area is 135 Å². The molecule has 2 aliphatic rings. The number of hydrogen-bond acceptors (Lipinski definition) is 3. The summed E-state index contributed by atoms with van der Waals surface area (Å²) in [5.41, 5.74) is 0.921. The van der Waals surface area contributed by atoms with E-state index in [4.69, 9.17) is 4.74 Å². The second kappa shape index (κ2) is 5.65. The average Bonchev–Trinajstić information content (AvgIpc) is 3.17. The first-order valence-electron chi connectivity index (χ1n) is 8.22. The topological polar surface area (TPSA) is 54.7 Å². The van der Waals surface area contributed by atoms with Gasteiger partial charge in [0.05, 0.1) is 13.2 Å². The fourth-order valence-electron chi connectivity index (χ4n) is 4.02. The minimum absolute atomic E-state index is 0.119. The van der Waals surface area contributed by atoms with Crippen LogP contribution >= 0.6 is 0 Å². The van der Waals surface area contributed by atoms with Crippen LogP contribution in [0.25, 0.3) is 10.9 Å². The zero-order chi connectivity index (χ0) is 15.9. The number of aliphatic hydroxyl groups is 1. The van der Waals surface area contributed by atoms with Gasteiger partial charge in [-0.25, -0.2) is 0 Å². The van der Waals surface area contributed by atoms with E-state index in [-0.39, 0.29) is 23.8 Å². The number of fused-ring (bicyclic) bond motifs is 2. The number of para-hydroxylation sites is 1. The number of benzene rings is 1. The summed E-state index contributed by atoms with van der Waals surface area (Å²) in [6, 6.07) is 10.1. The van der Waals surface area contributed by atoms with Gasteiger partial charge in [0.25, 0.3) is 0 Å². The molecule has 23 heavy (non-hydrogen) atoms. The molecule has 1 amide bonds. The largest absolute Gasteiger partial charge is 0.396 e. The third-order valence-corrected chi connectivity index (χ3v) is 5.53. The second-order valence-corrected chi connectivity index (χ2v) is 6.82. The zero-order valence-electron chi connectivity index (χ0n) is 13.1. The first-order chi connectivity index (χ1) is 11.2. The number of carbonyl (C=O) groups is 1. The molecule has 4 rings (SSSR count). The number of nitrogens with zero attached hydrogens (tertiary/aromatic N) is 2. The molecule has 3 heterocycles. The molecule has 0 spiro atoms. The van der Waals surface area contributed by atoms with Gasteiger partial charge in [-0.1, -0.05) is 18.2 Å². The van der Waals surface area contributed by atoms with Gasteiger partial charge in [-0.2, -0.15) is 0 Å². The molecule has 1 aromatic heterocycles. The predicted molar refractivity (Wildman–Crippen MR) is 87.0 cm³/mol. The highest BCUT2D eigenvalue weighted by Crippen LogP contribution is 2.41. The highest BCUT2D eigenvalue weighted by atomic mass is 16.5.